The van der Waals surface area contributed by atoms with Crippen LogP contribution in [0.15, 0.2) is 54.6 Å². The second-order valence-corrected chi connectivity index (χ2v) is 7.70. The molecule has 0 aromatic heterocycles. The average Bonchev–Trinajstić information content (AvgIpc) is 2.74. The number of methoxy groups -OCH3 is 1. The van der Waals surface area contributed by atoms with E-state index in [0.29, 0.717) is 25.2 Å². The first-order chi connectivity index (χ1) is 14.3. The fourth-order valence-corrected chi connectivity index (χ4v) is 3.96. The lowest BCUT2D eigenvalue weighted by molar-refractivity contribution is -0.144. The van der Waals surface area contributed by atoms with E-state index in [1.165, 1.54) is 19.2 Å². The van der Waals surface area contributed by atoms with E-state index in [-0.39, 0.29) is 11.9 Å². The van der Waals surface area contributed by atoms with Gasteiger partial charge in [-0.2, -0.15) is 13.2 Å². The zero-order valence-corrected chi connectivity index (χ0v) is 17.2. The lowest BCUT2D eigenvalue weighted by Crippen LogP contribution is -2.46. The van der Waals surface area contributed by atoms with Crippen molar-refractivity contribution < 1.29 is 22.7 Å². The molecule has 2 aromatic rings. The van der Waals surface area contributed by atoms with Crippen molar-refractivity contribution in [1.82, 2.24) is 9.80 Å². The summed E-state index contributed by atoms with van der Waals surface area (Å²) in [5.41, 5.74) is 0.837. The highest BCUT2D eigenvalue weighted by atomic mass is 19.4. The summed E-state index contributed by atoms with van der Waals surface area (Å²) in [5, 5.41) is 0. The Labute approximate surface area is 175 Å². The summed E-state index contributed by atoms with van der Waals surface area (Å²) in [5.74, 6) is -0.0531. The van der Waals surface area contributed by atoms with E-state index in [4.69, 9.17) is 4.74 Å². The first kappa shape index (κ1) is 22.3. The molecule has 3 rings (SSSR count). The van der Waals surface area contributed by atoms with Gasteiger partial charge in [0.15, 0.2) is 6.10 Å². The number of carbonyl (C=O) groups is 1. The van der Waals surface area contributed by atoms with Crippen LogP contribution in [0, 0.1) is 0 Å². The number of piperidine rings is 1. The van der Waals surface area contributed by atoms with Gasteiger partial charge in [-0.25, -0.2) is 0 Å². The van der Waals surface area contributed by atoms with E-state index >= 15 is 0 Å². The van der Waals surface area contributed by atoms with Crippen molar-refractivity contribution in [3.63, 3.8) is 0 Å². The maximum Gasteiger partial charge on any atom is 0.416 e. The molecule has 1 unspecified atom stereocenters. The number of benzene rings is 2. The maximum absolute atomic E-state index is 12.9. The molecule has 4 nitrogen and oxygen atoms in total. The Morgan fingerprint density at radius 3 is 2.40 bits per heavy atom. The van der Waals surface area contributed by atoms with Crippen molar-refractivity contribution in [2.75, 3.05) is 27.2 Å². The maximum atomic E-state index is 12.9. The minimum absolute atomic E-state index is 0.0531. The highest BCUT2D eigenvalue weighted by Crippen LogP contribution is 2.30. The van der Waals surface area contributed by atoms with Gasteiger partial charge in [0.1, 0.15) is 0 Å². The monoisotopic (exact) mass is 420 g/mol. The van der Waals surface area contributed by atoms with Crippen molar-refractivity contribution >= 4 is 5.91 Å². The molecule has 0 saturated carbocycles. The summed E-state index contributed by atoms with van der Waals surface area (Å²) in [6, 6.07) is 15.1. The second kappa shape index (κ2) is 9.62. The zero-order chi connectivity index (χ0) is 21.7. The van der Waals surface area contributed by atoms with Crippen LogP contribution in [-0.2, 0) is 22.3 Å². The number of rotatable bonds is 6. The van der Waals surface area contributed by atoms with Crippen LogP contribution in [0.25, 0.3) is 0 Å². The Hall–Kier alpha value is -2.38. The lowest BCUT2D eigenvalue weighted by atomic mass is 10.0. The molecule has 0 aliphatic carbocycles. The smallest absolute Gasteiger partial charge is 0.367 e. The second-order valence-electron chi connectivity index (χ2n) is 7.70. The molecule has 1 fully saturated rings. The van der Waals surface area contributed by atoms with Crippen molar-refractivity contribution in [1.29, 1.82) is 0 Å². The molecule has 1 aliphatic rings. The number of hydrogen-bond acceptors (Lipinski definition) is 3. The van der Waals surface area contributed by atoms with Gasteiger partial charge in [0.25, 0.3) is 5.91 Å². The average molecular weight is 420 g/mol. The number of amides is 1. The van der Waals surface area contributed by atoms with Crippen LogP contribution in [0.5, 0.6) is 0 Å². The highest BCUT2D eigenvalue weighted by molar-refractivity contribution is 5.82. The Bertz CT molecular complexity index is 834. The van der Waals surface area contributed by atoms with E-state index in [1.54, 1.807) is 6.07 Å². The minimum Gasteiger partial charge on any atom is -0.367 e. The van der Waals surface area contributed by atoms with Crippen molar-refractivity contribution in [3.05, 3.63) is 71.3 Å². The standard InChI is InChI=1S/C23H27F3N2O2/c1-27(16-17-7-6-10-19(15-17)23(24,25)26)20-11-13-28(14-12-20)22(29)21(30-2)18-8-4-3-5-9-18/h3-10,15,20-21H,11-14,16H2,1-2H3. The number of carbonyl (C=O) groups excluding carboxylic acids is 1. The molecular weight excluding hydrogens is 393 g/mol. The molecule has 1 heterocycles. The molecule has 1 saturated heterocycles. The number of alkyl halides is 3. The number of hydrogen-bond donors (Lipinski definition) is 0. The lowest BCUT2D eigenvalue weighted by Gasteiger charge is -2.38. The summed E-state index contributed by atoms with van der Waals surface area (Å²) in [6.07, 6.45) is -3.42. The Morgan fingerprint density at radius 2 is 1.80 bits per heavy atom. The number of ether oxygens (including phenoxy) is 1. The molecule has 162 valence electrons. The van der Waals surface area contributed by atoms with Crippen molar-refractivity contribution in [3.8, 4) is 0 Å². The largest absolute Gasteiger partial charge is 0.416 e. The van der Waals surface area contributed by atoms with Gasteiger partial charge in [-0.1, -0.05) is 48.5 Å². The summed E-state index contributed by atoms with van der Waals surface area (Å²) < 4.78 is 44.3. The quantitative estimate of drug-likeness (QED) is 0.689. The summed E-state index contributed by atoms with van der Waals surface area (Å²) in [7, 11) is 3.45. The molecule has 0 N–H and O–H groups in total. The van der Waals surface area contributed by atoms with Gasteiger partial charge in [-0.05, 0) is 37.1 Å². The molecule has 30 heavy (non-hydrogen) atoms. The summed E-state index contributed by atoms with van der Waals surface area (Å²) >= 11 is 0. The van der Waals surface area contributed by atoms with Gasteiger partial charge in [0.05, 0.1) is 5.56 Å². The van der Waals surface area contributed by atoms with Gasteiger partial charge >= 0.3 is 6.18 Å². The van der Waals surface area contributed by atoms with E-state index in [2.05, 4.69) is 4.90 Å². The number of halogens is 3. The Morgan fingerprint density at radius 1 is 1.13 bits per heavy atom. The molecule has 0 spiro atoms. The van der Waals surface area contributed by atoms with Crippen LogP contribution in [0.2, 0.25) is 0 Å². The molecule has 1 atom stereocenters. The van der Waals surface area contributed by atoms with Crippen LogP contribution in [-0.4, -0.2) is 49.0 Å². The van der Waals surface area contributed by atoms with Crippen molar-refractivity contribution in [2.24, 2.45) is 0 Å². The number of nitrogens with zero attached hydrogens (tertiary/aromatic N) is 2. The first-order valence-corrected chi connectivity index (χ1v) is 10.0. The predicted molar refractivity (Wildman–Crippen MR) is 109 cm³/mol. The normalized spacial score (nSPS) is 16.7. The number of likely N-dealkylation sites (tertiary alicyclic amines) is 1. The topological polar surface area (TPSA) is 32.8 Å². The minimum atomic E-state index is -4.34. The zero-order valence-electron chi connectivity index (χ0n) is 17.2. The molecule has 1 amide bonds. The van der Waals surface area contributed by atoms with E-state index in [1.807, 2.05) is 42.3 Å². The third-order valence-electron chi connectivity index (χ3n) is 5.65. The molecular formula is C23H27F3N2O2. The highest BCUT2D eigenvalue weighted by Gasteiger charge is 2.32. The van der Waals surface area contributed by atoms with Crippen LogP contribution in [0.4, 0.5) is 13.2 Å². The predicted octanol–water partition coefficient (Wildman–Crippen LogP) is 4.52. The summed E-state index contributed by atoms with van der Waals surface area (Å²) in [6.45, 7) is 1.64. The molecule has 0 bridgehead atoms. The molecule has 7 heteroatoms. The molecule has 0 radical (unpaired) electrons. The van der Waals surface area contributed by atoms with Crippen LogP contribution < -0.4 is 0 Å². The third kappa shape index (κ3) is 5.40. The van der Waals surface area contributed by atoms with Gasteiger partial charge < -0.3 is 9.64 Å². The Kier molecular flexibility index (Phi) is 7.15. The van der Waals surface area contributed by atoms with E-state index in [0.717, 1.165) is 24.5 Å². The van der Waals surface area contributed by atoms with Crippen LogP contribution in [0.1, 0.15) is 35.6 Å². The Balaban J connectivity index is 1.57. The molecule has 2 aromatic carbocycles. The van der Waals surface area contributed by atoms with Gasteiger partial charge in [-0.3, -0.25) is 9.69 Å². The van der Waals surface area contributed by atoms with Gasteiger partial charge in [0, 0.05) is 32.8 Å². The van der Waals surface area contributed by atoms with Gasteiger partial charge in [-0.15, -0.1) is 0 Å². The van der Waals surface area contributed by atoms with Crippen LogP contribution in [0.3, 0.4) is 0 Å². The van der Waals surface area contributed by atoms with Crippen LogP contribution >= 0.6 is 0 Å². The van der Waals surface area contributed by atoms with Gasteiger partial charge in [0.2, 0.25) is 0 Å². The molecule has 1 aliphatic heterocycles. The summed E-state index contributed by atoms with van der Waals surface area (Å²) in [4.78, 5) is 16.8. The fraction of sp³-hybridized carbons (Fsp3) is 0.435. The van der Waals surface area contributed by atoms with E-state index in [9.17, 15) is 18.0 Å². The van der Waals surface area contributed by atoms with Crippen molar-refractivity contribution in [2.45, 2.75) is 37.7 Å². The third-order valence-corrected chi connectivity index (χ3v) is 5.65. The fourth-order valence-electron chi connectivity index (χ4n) is 3.96. The first-order valence-electron chi connectivity index (χ1n) is 10.0. The van der Waals surface area contributed by atoms with E-state index < -0.39 is 17.8 Å². The SMILES string of the molecule is COC(C(=O)N1CCC(N(C)Cc2cccc(C(F)(F)F)c2)CC1)c1ccccc1.